The van der Waals surface area contributed by atoms with E-state index in [-0.39, 0.29) is 22.9 Å². The summed E-state index contributed by atoms with van der Waals surface area (Å²) in [5.41, 5.74) is 1.03. The van der Waals surface area contributed by atoms with Crippen LogP contribution in [-0.4, -0.2) is 44.3 Å². The Balaban J connectivity index is 1.74. The Bertz CT molecular complexity index is 1030. The molecule has 2 aromatic rings. The van der Waals surface area contributed by atoms with Crippen molar-refractivity contribution in [3.05, 3.63) is 64.1 Å². The van der Waals surface area contributed by atoms with E-state index < -0.39 is 11.9 Å². The predicted molar refractivity (Wildman–Crippen MR) is 110 cm³/mol. The van der Waals surface area contributed by atoms with Gasteiger partial charge in [-0.3, -0.25) is 14.5 Å². The average Bonchev–Trinajstić information content (AvgIpc) is 2.90. The second-order valence-corrected chi connectivity index (χ2v) is 7.53. The van der Waals surface area contributed by atoms with Crippen molar-refractivity contribution in [3.63, 3.8) is 0 Å². The number of rotatable bonds is 4. The molecule has 0 unspecified atom stereocenters. The molecule has 1 aliphatic heterocycles. The number of aromatic carboxylic acids is 1. The number of thiocarbonyl (C=S) groups is 1. The van der Waals surface area contributed by atoms with Gasteiger partial charge in [0.05, 0.1) is 4.91 Å². The average molecular weight is 414 g/mol. The van der Waals surface area contributed by atoms with Gasteiger partial charge in [0.25, 0.3) is 11.8 Å². The quantitative estimate of drug-likeness (QED) is 0.401. The first kappa shape index (κ1) is 19.6. The fraction of sp³-hybridized carbons (Fsp3) is 0.0526. The number of aromatic hydroxyl groups is 1. The van der Waals surface area contributed by atoms with E-state index in [4.69, 9.17) is 17.3 Å². The molecule has 0 atom stereocenters. The number of carboxylic acids is 1. The third-order valence-electron chi connectivity index (χ3n) is 3.94. The molecule has 3 rings (SSSR count). The number of carboxylic acid groups (broad SMARTS) is 1. The van der Waals surface area contributed by atoms with Crippen molar-refractivity contribution < 1.29 is 24.6 Å². The van der Waals surface area contributed by atoms with E-state index in [1.165, 1.54) is 34.9 Å². The summed E-state index contributed by atoms with van der Waals surface area (Å²) in [5, 5.41) is 21.1. The van der Waals surface area contributed by atoms with Gasteiger partial charge in [0.15, 0.2) is 0 Å². The van der Waals surface area contributed by atoms with Crippen LogP contribution in [0.25, 0.3) is 6.08 Å². The smallest absolute Gasteiger partial charge is 0.339 e. The zero-order chi connectivity index (χ0) is 20.4. The van der Waals surface area contributed by atoms with Gasteiger partial charge in [0.2, 0.25) is 0 Å². The molecule has 1 aliphatic rings. The van der Waals surface area contributed by atoms with Crippen LogP contribution in [-0.2, 0) is 4.79 Å². The largest absolute Gasteiger partial charge is 0.507 e. The van der Waals surface area contributed by atoms with Crippen molar-refractivity contribution in [1.29, 1.82) is 0 Å². The van der Waals surface area contributed by atoms with Crippen LogP contribution in [0.15, 0.2) is 47.4 Å². The van der Waals surface area contributed by atoms with E-state index in [9.17, 15) is 19.5 Å². The lowest BCUT2D eigenvalue weighted by Gasteiger charge is -2.08. The molecule has 0 aliphatic carbocycles. The van der Waals surface area contributed by atoms with Gasteiger partial charge in [-0.15, -0.1) is 0 Å². The van der Waals surface area contributed by atoms with Crippen molar-refractivity contribution in [3.8, 4) is 5.75 Å². The molecule has 0 bridgehead atoms. The van der Waals surface area contributed by atoms with Crippen molar-refractivity contribution >= 4 is 57.8 Å². The van der Waals surface area contributed by atoms with Crippen molar-refractivity contribution in [1.82, 2.24) is 4.90 Å². The number of thioether (sulfide) groups is 1. The van der Waals surface area contributed by atoms with Crippen molar-refractivity contribution in [2.75, 3.05) is 12.4 Å². The SMILES string of the molecule is CN1C(=O)/C(=C\c2ccc(C(=O)Nc3ccc(O)c(C(=O)O)c3)cc2)SC1=S. The van der Waals surface area contributed by atoms with E-state index in [2.05, 4.69) is 5.32 Å². The minimum Gasteiger partial charge on any atom is -0.507 e. The number of hydrogen-bond acceptors (Lipinski definition) is 6. The van der Waals surface area contributed by atoms with Crippen LogP contribution >= 0.6 is 24.0 Å². The molecule has 142 valence electrons. The second kappa shape index (κ2) is 7.83. The first-order valence-corrected chi connectivity index (χ1v) is 9.18. The molecule has 2 amide bonds. The number of nitrogens with one attached hydrogen (secondary N) is 1. The topological polar surface area (TPSA) is 107 Å². The molecule has 1 fully saturated rings. The van der Waals surface area contributed by atoms with Crippen LogP contribution in [0.2, 0.25) is 0 Å². The highest BCUT2D eigenvalue weighted by atomic mass is 32.2. The van der Waals surface area contributed by atoms with Crippen LogP contribution in [0.5, 0.6) is 5.75 Å². The predicted octanol–water partition coefficient (Wildman–Crippen LogP) is 3.17. The van der Waals surface area contributed by atoms with Crippen molar-refractivity contribution in [2.24, 2.45) is 0 Å². The summed E-state index contributed by atoms with van der Waals surface area (Å²) < 4.78 is 0.488. The summed E-state index contributed by atoms with van der Waals surface area (Å²) >= 11 is 6.30. The number of likely N-dealkylation sites (N-methyl/N-ethyl adjacent to an activating group) is 1. The Morgan fingerprint density at radius 1 is 1.18 bits per heavy atom. The molecule has 1 saturated heterocycles. The van der Waals surface area contributed by atoms with Crippen LogP contribution in [0.1, 0.15) is 26.3 Å². The number of anilines is 1. The van der Waals surface area contributed by atoms with Gasteiger partial charge in [-0.2, -0.15) is 0 Å². The highest BCUT2D eigenvalue weighted by Gasteiger charge is 2.28. The zero-order valence-electron chi connectivity index (χ0n) is 14.5. The van der Waals surface area contributed by atoms with Gasteiger partial charge in [0.1, 0.15) is 15.6 Å². The lowest BCUT2D eigenvalue weighted by atomic mass is 10.1. The van der Waals surface area contributed by atoms with Crippen LogP contribution < -0.4 is 5.32 Å². The standard InChI is InChI=1S/C19H14N2O5S2/c1-21-17(24)15(28-19(21)27)8-10-2-4-11(5-3-10)16(23)20-12-6-7-14(22)13(9-12)18(25)26/h2-9,22H,1H3,(H,20,23)(H,25,26)/b15-8+. The highest BCUT2D eigenvalue weighted by molar-refractivity contribution is 8.26. The minimum absolute atomic E-state index is 0.168. The molecule has 2 aromatic carbocycles. The van der Waals surface area contributed by atoms with Gasteiger partial charge < -0.3 is 15.5 Å². The normalized spacial score (nSPS) is 15.2. The first-order valence-electron chi connectivity index (χ1n) is 7.95. The Kier molecular flexibility index (Phi) is 5.48. The maximum absolute atomic E-state index is 12.4. The van der Waals surface area contributed by atoms with E-state index in [1.807, 2.05) is 0 Å². The van der Waals surface area contributed by atoms with E-state index in [0.717, 1.165) is 5.56 Å². The Labute approximate surface area is 169 Å². The molecule has 1 heterocycles. The lowest BCUT2D eigenvalue weighted by Crippen LogP contribution is -2.22. The fourth-order valence-corrected chi connectivity index (χ4v) is 3.60. The van der Waals surface area contributed by atoms with Crippen LogP contribution in [0.4, 0.5) is 5.69 Å². The monoisotopic (exact) mass is 414 g/mol. The Hall–Kier alpha value is -3.17. The third kappa shape index (κ3) is 4.05. The number of nitrogens with zero attached hydrogens (tertiary/aromatic N) is 1. The summed E-state index contributed by atoms with van der Waals surface area (Å²) in [6.07, 6.45) is 1.70. The van der Waals surface area contributed by atoms with Crippen LogP contribution in [0, 0.1) is 0 Å². The molecular formula is C19H14N2O5S2. The van der Waals surface area contributed by atoms with E-state index in [1.54, 1.807) is 37.4 Å². The number of carbonyl (C=O) groups excluding carboxylic acids is 2. The molecule has 0 saturated carbocycles. The molecule has 0 spiro atoms. The molecule has 3 N–H and O–H groups in total. The molecule has 0 radical (unpaired) electrons. The highest BCUT2D eigenvalue weighted by Crippen LogP contribution is 2.31. The maximum atomic E-state index is 12.4. The lowest BCUT2D eigenvalue weighted by molar-refractivity contribution is -0.121. The number of amides is 2. The van der Waals surface area contributed by atoms with Gasteiger partial charge in [-0.1, -0.05) is 36.1 Å². The first-order chi connectivity index (χ1) is 13.3. The summed E-state index contributed by atoms with van der Waals surface area (Å²) in [5.74, 6) is -2.28. The van der Waals surface area contributed by atoms with Gasteiger partial charge >= 0.3 is 5.97 Å². The molecule has 28 heavy (non-hydrogen) atoms. The molecular weight excluding hydrogens is 400 g/mol. The maximum Gasteiger partial charge on any atom is 0.339 e. The molecule has 0 aromatic heterocycles. The van der Waals surface area contributed by atoms with Crippen molar-refractivity contribution in [2.45, 2.75) is 0 Å². The number of benzene rings is 2. The Morgan fingerprint density at radius 2 is 1.86 bits per heavy atom. The second-order valence-electron chi connectivity index (χ2n) is 5.85. The van der Waals surface area contributed by atoms with E-state index in [0.29, 0.717) is 14.8 Å². The van der Waals surface area contributed by atoms with Gasteiger partial charge in [-0.25, -0.2) is 4.79 Å². The zero-order valence-corrected chi connectivity index (χ0v) is 16.1. The summed E-state index contributed by atoms with van der Waals surface area (Å²) in [7, 11) is 1.62. The summed E-state index contributed by atoms with van der Waals surface area (Å²) in [6, 6.07) is 10.3. The van der Waals surface area contributed by atoms with Crippen LogP contribution in [0.3, 0.4) is 0 Å². The summed E-state index contributed by atoms with van der Waals surface area (Å²) in [6.45, 7) is 0. The Morgan fingerprint density at radius 3 is 2.43 bits per heavy atom. The number of hydrogen-bond donors (Lipinski definition) is 3. The minimum atomic E-state index is -1.30. The molecule has 7 nitrogen and oxygen atoms in total. The fourth-order valence-electron chi connectivity index (χ4n) is 2.42. The number of phenols is 1. The number of carbonyl (C=O) groups is 3. The third-order valence-corrected chi connectivity index (χ3v) is 5.43. The molecule has 9 heteroatoms. The van der Waals surface area contributed by atoms with Gasteiger partial charge in [0, 0.05) is 18.3 Å². The summed E-state index contributed by atoms with van der Waals surface area (Å²) in [4.78, 5) is 37.3. The van der Waals surface area contributed by atoms with E-state index >= 15 is 0 Å². The van der Waals surface area contributed by atoms with Gasteiger partial charge in [-0.05, 0) is 42.0 Å².